The van der Waals surface area contributed by atoms with Crippen LogP contribution in [0.3, 0.4) is 0 Å². The van der Waals surface area contributed by atoms with E-state index in [4.69, 9.17) is 5.73 Å². The minimum absolute atomic E-state index is 0.323. The van der Waals surface area contributed by atoms with E-state index in [0.29, 0.717) is 16.7 Å². The maximum absolute atomic E-state index is 13.1. The van der Waals surface area contributed by atoms with Crippen molar-refractivity contribution in [1.82, 2.24) is 0 Å². The molecule has 0 aliphatic carbocycles. The van der Waals surface area contributed by atoms with Crippen LogP contribution in [0.2, 0.25) is 0 Å². The first-order chi connectivity index (χ1) is 8.49. The normalized spacial score (nSPS) is 12.5. The average molecular weight is 251 g/mol. The first-order valence-corrected chi connectivity index (χ1v) is 5.45. The van der Waals surface area contributed by atoms with Gasteiger partial charge in [0.15, 0.2) is 11.6 Å². The van der Waals surface area contributed by atoms with Crippen molar-refractivity contribution in [2.24, 2.45) is 5.73 Å². The number of benzene rings is 2. The summed E-state index contributed by atoms with van der Waals surface area (Å²) in [4.78, 5) is 0. The molecule has 0 heterocycles. The number of hydrogen-bond donors (Lipinski definition) is 1. The Bertz CT molecular complexity index is 530. The van der Waals surface area contributed by atoms with Gasteiger partial charge in [0.25, 0.3) is 0 Å². The second-order valence-corrected chi connectivity index (χ2v) is 4.16. The molecule has 0 aliphatic rings. The molecule has 1 atom stereocenters. The minimum Gasteiger partial charge on any atom is -0.320 e. The van der Waals surface area contributed by atoms with E-state index in [1.165, 1.54) is 18.2 Å². The van der Waals surface area contributed by atoms with Gasteiger partial charge in [0.05, 0.1) is 6.04 Å². The van der Waals surface area contributed by atoms with Gasteiger partial charge in [-0.1, -0.05) is 18.2 Å². The maximum atomic E-state index is 13.1. The Hall–Kier alpha value is -1.81. The highest BCUT2D eigenvalue weighted by molar-refractivity contribution is 5.34. The molecule has 1 unspecified atom stereocenters. The second kappa shape index (κ2) is 4.82. The third-order valence-electron chi connectivity index (χ3n) is 2.84. The van der Waals surface area contributed by atoms with Gasteiger partial charge in [-0.3, -0.25) is 0 Å². The van der Waals surface area contributed by atoms with Gasteiger partial charge in [-0.05, 0) is 41.8 Å². The Morgan fingerprint density at radius 1 is 0.833 bits per heavy atom. The van der Waals surface area contributed by atoms with Crippen molar-refractivity contribution in [2.45, 2.75) is 13.0 Å². The van der Waals surface area contributed by atoms with Crippen LogP contribution in [0, 0.1) is 24.4 Å². The predicted octanol–water partition coefficient (Wildman–Crippen LogP) is 3.46. The third kappa shape index (κ3) is 2.38. The Morgan fingerprint density at radius 3 is 1.94 bits per heavy atom. The summed E-state index contributed by atoms with van der Waals surface area (Å²) in [7, 11) is 0. The van der Waals surface area contributed by atoms with E-state index in [9.17, 15) is 13.2 Å². The lowest BCUT2D eigenvalue weighted by molar-refractivity contribution is 0.506. The molecular formula is C14H12F3N. The summed E-state index contributed by atoms with van der Waals surface area (Å²) in [6.45, 7) is 1.62. The van der Waals surface area contributed by atoms with Crippen molar-refractivity contribution >= 4 is 0 Å². The number of aryl methyl sites for hydroxylation is 1. The van der Waals surface area contributed by atoms with Crippen LogP contribution in [0.1, 0.15) is 22.7 Å². The van der Waals surface area contributed by atoms with Crippen LogP contribution in [0.5, 0.6) is 0 Å². The highest BCUT2D eigenvalue weighted by Crippen LogP contribution is 2.22. The third-order valence-corrected chi connectivity index (χ3v) is 2.84. The fraction of sp³-hybridized carbons (Fsp3) is 0.143. The van der Waals surface area contributed by atoms with E-state index in [1.54, 1.807) is 13.0 Å². The molecule has 2 N–H and O–H groups in total. The van der Waals surface area contributed by atoms with Crippen molar-refractivity contribution < 1.29 is 13.2 Å². The van der Waals surface area contributed by atoms with E-state index < -0.39 is 17.7 Å². The summed E-state index contributed by atoms with van der Waals surface area (Å²) < 4.78 is 39.1. The predicted molar refractivity (Wildman–Crippen MR) is 63.5 cm³/mol. The monoisotopic (exact) mass is 251 g/mol. The van der Waals surface area contributed by atoms with Gasteiger partial charge in [0, 0.05) is 0 Å². The van der Waals surface area contributed by atoms with E-state index in [2.05, 4.69) is 0 Å². The molecule has 0 aliphatic heterocycles. The molecule has 18 heavy (non-hydrogen) atoms. The van der Waals surface area contributed by atoms with Gasteiger partial charge in [0.2, 0.25) is 0 Å². The highest BCUT2D eigenvalue weighted by atomic mass is 19.2. The average Bonchev–Trinajstić information content (AvgIpc) is 2.35. The molecule has 0 amide bonds. The van der Waals surface area contributed by atoms with Crippen LogP contribution in [0.15, 0.2) is 36.4 Å². The summed E-state index contributed by atoms with van der Waals surface area (Å²) in [5.41, 5.74) is 7.50. The molecule has 2 rings (SSSR count). The molecule has 0 radical (unpaired) electrons. The number of halogens is 3. The maximum Gasteiger partial charge on any atom is 0.159 e. The summed E-state index contributed by atoms with van der Waals surface area (Å²) in [6.07, 6.45) is 0. The smallest absolute Gasteiger partial charge is 0.159 e. The van der Waals surface area contributed by atoms with Crippen molar-refractivity contribution in [3.05, 3.63) is 70.5 Å². The molecule has 0 bridgehead atoms. The molecule has 4 heteroatoms. The van der Waals surface area contributed by atoms with Crippen LogP contribution in [-0.4, -0.2) is 0 Å². The molecule has 1 nitrogen and oxygen atoms in total. The largest absolute Gasteiger partial charge is 0.320 e. The van der Waals surface area contributed by atoms with Gasteiger partial charge in [0.1, 0.15) is 5.82 Å². The Kier molecular flexibility index (Phi) is 3.39. The number of nitrogens with two attached hydrogens (primary N) is 1. The SMILES string of the molecule is Cc1cc(C(N)c2ccc(F)c(F)c2)ccc1F. The van der Waals surface area contributed by atoms with Crippen molar-refractivity contribution in [3.8, 4) is 0 Å². The second-order valence-electron chi connectivity index (χ2n) is 4.16. The molecule has 0 saturated heterocycles. The Labute approximate surface area is 103 Å². The van der Waals surface area contributed by atoms with Gasteiger partial charge < -0.3 is 5.73 Å². The lowest BCUT2D eigenvalue weighted by Gasteiger charge is -2.13. The molecule has 0 spiro atoms. The molecule has 0 aromatic heterocycles. The minimum atomic E-state index is -0.943. The summed E-state index contributed by atoms with van der Waals surface area (Å²) in [5, 5.41) is 0. The van der Waals surface area contributed by atoms with Crippen molar-refractivity contribution in [1.29, 1.82) is 0 Å². The zero-order valence-corrected chi connectivity index (χ0v) is 9.75. The fourth-order valence-electron chi connectivity index (χ4n) is 1.76. The molecule has 2 aromatic carbocycles. The highest BCUT2D eigenvalue weighted by Gasteiger charge is 2.12. The standard InChI is InChI=1S/C14H12F3N/c1-8-6-9(2-4-11(8)15)14(18)10-3-5-12(16)13(17)7-10/h2-7,14H,18H2,1H3. The fourth-order valence-corrected chi connectivity index (χ4v) is 1.76. The summed E-state index contributed by atoms with van der Waals surface area (Å²) in [5.74, 6) is -2.18. The topological polar surface area (TPSA) is 26.0 Å². The summed E-state index contributed by atoms with van der Waals surface area (Å²) in [6, 6.07) is 7.33. The zero-order valence-electron chi connectivity index (χ0n) is 9.75. The Morgan fingerprint density at radius 2 is 1.39 bits per heavy atom. The lowest BCUT2D eigenvalue weighted by atomic mass is 9.98. The van der Waals surface area contributed by atoms with E-state index in [1.807, 2.05) is 0 Å². The van der Waals surface area contributed by atoms with Gasteiger partial charge in [-0.25, -0.2) is 13.2 Å². The van der Waals surface area contributed by atoms with E-state index >= 15 is 0 Å². The Balaban J connectivity index is 2.37. The zero-order chi connectivity index (χ0) is 13.3. The van der Waals surface area contributed by atoms with Gasteiger partial charge in [-0.15, -0.1) is 0 Å². The molecule has 0 saturated carbocycles. The molecule has 94 valence electrons. The van der Waals surface area contributed by atoms with Gasteiger partial charge in [-0.2, -0.15) is 0 Å². The van der Waals surface area contributed by atoms with Crippen LogP contribution < -0.4 is 5.73 Å². The quantitative estimate of drug-likeness (QED) is 0.869. The van der Waals surface area contributed by atoms with Crippen LogP contribution in [0.25, 0.3) is 0 Å². The lowest BCUT2D eigenvalue weighted by Crippen LogP contribution is -2.12. The first kappa shape index (κ1) is 12.6. The van der Waals surface area contributed by atoms with E-state index in [-0.39, 0.29) is 5.82 Å². The number of hydrogen-bond acceptors (Lipinski definition) is 1. The first-order valence-electron chi connectivity index (χ1n) is 5.45. The van der Waals surface area contributed by atoms with Crippen LogP contribution in [0.4, 0.5) is 13.2 Å². The molecular weight excluding hydrogens is 239 g/mol. The summed E-state index contributed by atoms with van der Waals surface area (Å²) >= 11 is 0. The van der Waals surface area contributed by atoms with Crippen LogP contribution in [-0.2, 0) is 0 Å². The molecule has 2 aromatic rings. The van der Waals surface area contributed by atoms with Crippen molar-refractivity contribution in [2.75, 3.05) is 0 Å². The van der Waals surface area contributed by atoms with Crippen molar-refractivity contribution in [3.63, 3.8) is 0 Å². The number of rotatable bonds is 2. The van der Waals surface area contributed by atoms with Crippen LogP contribution >= 0.6 is 0 Å². The van der Waals surface area contributed by atoms with Gasteiger partial charge >= 0.3 is 0 Å². The molecule has 0 fully saturated rings. The van der Waals surface area contributed by atoms with E-state index in [0.717, 1.165) is 12.1 Å².